The zero-order chi connectivity index (χ0) is 13.8. The fraction of sp³-hybridized carbons (Fsp3) is 0.533. The minimum atomic E-state index is -0.312. The van der Waals surface area contributed by atoms with E-state index >= 15 is 0 Å². The Morgan fingerprint density at radius 2 is 2.21 bits per heavy atom. The molecule has 0 radical (unpaired) electrons. The summed E-state index contributed by atoms with van der Waals surface area (Å²) in [5.74, 6) is -0.0205. The highest BCUT2D eigenvalue weighted by Crippen LogP contribution is 2.31. The number of carbonyl (C=O) groups is 1. The average molecular weight is 264 g/mol. The van der Waals surface area contributed by atoms with Gasteiger partial charge in [-0.15, -0.1) is 0 Å². The predicted octanol–water partition coefficient (Wildman–Crippen LogP) is 2.38. The van der Waals surface area contributed by atoms with E-state index in [4.69, 9.17) is 5.73 Å². The van der Waals surface area contributed by atoms with Gasteiger partial charge in [0.15, 0.2) is 0 Å². The van der Waals surface area contributed by atoms with Gasteiger partial charge in [0.25, 0.3) is 0 Å². The maximum absolute atomic E-state index is 13.6. The van der Waals surface area contributed by atoms with Crippen molar-refractivity contribution in [2.24, 2.45) is 17.6 Å². The van der Waals surface area contributed by atoms with Crippen LogP contribution >= 0.6 is 0 Å². The van der Waals surface area contributed by atoms with E-state index in [2.05, 4.69) is 5.32 Å². The predicted molar refractivity (Wildman–Crippen MR) is 72.8 cm³/mol. The molecule has 2 rings (SSSR count). The van der Waals surface area contributed by atoms with Gasteiger partial charge in [0.05, 0.1) is 6.04 Å². The normalized spacial score (nSPS) is 24.2. The highest BCUT2D eigenvalue weighted by atomic mass is 19.1. The molecule has 0 heterocycles. The van der Waals surface area contributed by atoms with Crippen LogP contribution in [0.2, 0.25) is 0 Å². The molecule has 104 valence electrons. The zero-order valence-electron chi connectivity index (χ0n) is 11.2. The third-order valence-corrected chi connectivity index (χ3v) is 4.03. The van der Waals surface area contributed by atoms with Crippen LogP contribution in [0.3, 0.4) is 0 Å². The number of hydrogen-bond donors (Lipinski definition) is 2. The molecule has 3 unspecified atom stereocenters. The second-order valence-electron chi connectivity index (χ2n) is 5.28. The van der Waals surface area contributed by atoms with Crippen LogP contribution in [0.25, 0.3) is 0 Å². The average Bonchev–Trinajstić information content (AvgIpc) is 2.87. The summed E-state index contributed by atoms with van der Waals surface area (Å²) >= 11 is 0. The molecule has 1 fully saturated rings. The zero-order valence-corrected chi connectivity index (χ0v) is 11.2. The maximum atomic E-state index is 13.6. The van der Waals surface area contributed by atoms with E-state index in [1.54, 1.807) is 18.2 Å². The number of amides is 1. The van der Waals surface area contributed by atoms with Crippen molar-refractivity contribution in [3.05, 3.63) is 35.6 Å². The summed E-state index contributed by atoms with van der Waals surface area (Å²) in [5.41, 5.74) is 6.21. The Labute approximate surface area is 113 Å². The van der Waals surface area contributed by atoms with Crippen LogP contribution in [0, 0.1) is 17.7 Å². The van der Waals surface area contributed by atoms with E-state index < -0.39 is 0 Å². The molecule has 3 N–H and O–H groups in total. The van der Waals surface area contributed by atoms with Gasteiger partial charge in [-0.3, -0.25) is 4.79 Å². The first kappa shape index (κ1) is 14.0. The topological polar surface area (TPSA) is 55.1 Å². The third kappa shape index (κ3) is 3.13. The summed E-state index contributed by atoms with van der Waals surface area (Å²) in [6.45, 7) is 2.36. The number of hydrogen-bond acceptors (Lipinski definition) is 2. The van der Waals surface area contributed by atoms with Gasteiger partial charge in [0, 0.05) is 11.5 Å². The Morgan fingerprint density at radius 3 is 2.89 bits per heavy atom. The fourth-order valence-corrected chi connectivity index (χ4v) is 2.89. The van der Waals surface area contributed by atoms with Crippen molar-refractivity contribution in [3.63, 3.8) is 0 Å². The summed E-state index contributed by atoms with van der Waals surface area (Å²) in [6, 6.07) is 6.23. The smallest absolute Gasteiger partial charge is 0.223 e. The van der Waals surface area contributed by atoms with Crippen LogP contribution < -0.4 is 11.1 Å². The number of rotatable bonds is 4. The molecule has 0 bridgehead atoms. The van der Waals surface area contributed by atoms with Gasteiger partial charge in [-0.25, -0.2) is 4.39 Å². The summed E-state index contributed by atoms with van der Waals surface area (Å²) in [5, 5.41) is 2.91. The summed E-state index contributed by atoms with van der Waals surface area (Å²) in [6.07, 6.45) is 2.95. The number of benzene rings is 1. The first-order valence-electron chi connectivity index (χ1n) is 6.88. The van der Waals surface area contributed by atoms with Crippen molar-refractivity contribution in [2.75, 3.05) is 6.54 Å². The number of carbonyl (C=O) groups excluding carboxylic acids is 1. The Bertz CT molecular complexity index is 450. The molecule has 4 heteroatoms. The summed E-state index contributed by atoms with van der Waals surface area (Å²) in [4.78, 5) is 12.2. The first-order chi connectivity index (χ1) is 9.13. The Kier molecular flexibility index (Phi) is 4.53. The second kappa shape index (κ2) is 6.15. The van der Waals surface area contributed by atoms with Gasteiger partial charge in [-0.1, -0.05) is 24.6 Å². The maximum Gasteiger partial charge on any atom is 0.223 e. The van der Waals surface area contributed by atoms with Crippen LogP contribution in [0.5, 0.6) is 0 Å². The minimum Gasteiger partial charge on any atom is -0.349 e. The van der Waals surface area contributed by atoms with E-state index in [0.29, 0.717) is 12.1 Å². The van der Waals surface area contributed by atoms with Crippen molar-refractivity contribution >= 4 is 5.91 Å². The molecule has 1 aliphatic carbocycles. The van der Waals surface area contributed by atoms with Crippen molar-refractivity contribution in [1.29, 1.82) is 0 Å². The molecule has 1 saturated carbocycles. The van der Waals surface area contributed by atoms with E-state index in [1.807, 2.05) is 6.92 Å². The standard InChI is InChI=1S/C15H21FN2O/c1-10(12-6-2-3-8-14(12)16)18-15(19)13-7-4-5-11(13)9-17/h2-3,6,8,10-11,13H,4-5,7,9,17H2,1H3,(H,18,19). The SMILES string of the molecule is CC(NC(=O)C1CCCC1CN)c1ccccc1F. The van der Waals surface area contributed by atoms with Crippen LogP contribution in [-0.2, 0) is 4.79 Å². The third-order valence-electron chi connectivity index (χ3n) is 4.03. The Balaban J connectivity index is 2.01. The van der Waals surface area contributed by atoms with Crippen molar-refractivity contribution in [3.8, 4) is 0 Å². The monoisotopic (exact) mass is 264 g/mol. The van der Waals surface area contributed by atoms with Crippen molar-refractivity contribution < 1.29 is 9.18 Å². The molecular weight excluding hydrogens is 243 g/mol. The van der Waals surface area contributed by atoms with Crippen LogP contribution in [-0.4, -0.2) is 12.5 Å². The van der Waals surface area contributed by atoms with E-state index in [-0.39, 0.29) is 29.6 Å². The lowest BCUT2D eigenvalue weighted by atomic mass is 9.94. The van der Waals surface area contributed by atoms with Crippen LogP contribution in [0.15, 0.2) is 24.3 Å². The second-order valence-corrected chi connectivity index (χ2v) is 5.28. The molecule has 0 aliphatic heterocycles. The molecule has 19 heavy (non-hydrogen) atoms. The van der Waals surface area contributed by atoms with Gasteiger partial charge < -0.3 is 11.1 Å². The van der Waals surface area contributed by atoms with E-state index in [0.717, 1.165) is 19.3 Å². The van der Waals surface area contributed by atoms with Gasteiger partial charge >= 0.3 is 0 Å². The lowest BCUT2D eigenvalue weighted by molar-refractivity contribution is -0.126. The molecular formula is C15H21FN2O. The van der Waals surface area contributed by atoms with E-state index in [9.17, 15) is 9.18 Å². The minimum absolute atomic E-state index is 0.00343. The van der Waals surface area contributed by atoms with Crippen LogP contribution in [0.1, 0.15) is 37.8 Å². The quantitative estimate of drug-likeness (QED) is 0.877. The lowest BCUT2D eigenvalue weighted by Gasteiger charge is -2.21. The molecule has 3 atom stereocenters. The molecule has 1 amide bonds. The van der Waals surface area contributed by atoms with Gasteiger partial charge in [-0.05, 0) is 38.3 Å². The molecule has 1 aromatic rings. The number of nitrogens with one attached hydrogen (secondary N) is 1. The highest BCUT2D eigenvalue weighted by molar-refractivity contribution is 5.79. The molecule has 3 nitrogen and oxygen atoms in total. The summed E-state index contributed by atoms with van der Waals surface area (Å²) < 4.78 is 13.6. The molecule has 1 aliphatic rings. The van der Waals surface area contributed by atoms with Gasteiger partial charge in [0.2, 0.25) is 5.91 Å². The van der Waals surface area contributed by atoms with Gasteiger partial charge in [-0.2, -0.15) is 0 Å². The number of nitrogens with two attached hydrogens (primary N) is 1. The largest absolute Gasteiger partial charge is 0.349 e. The lowest BCUT2D eigenvalue weighted by Crippen LogP contribution is -2.36. The molecule has 1 aromatic carbocycles. The Hall–Kier alpha value is -1.42. The molecule has 0 aromatic heterocycles. The first-order valence-corrected chi connectivity index (χ1v) is 6.88. The highest BCUT2D eigenvalue weighted by Gasteiger charge is 2.32. The number of halogens is 1. The molecule has 0 spiro atoms. The van der Waals surface area contributed by atoms with Gasteiger partial charge in [0.1, 0.15) is 5.82 Å². The van der Waals surface area contributed by atoms with E-state index in [1.165, 1.54) is 6.07 Å². The Morgan fingerprint density at radius 1 is 1.47 bits per heavy atom. The van der Waals surface area contributed by atoms with Crippen LogP contribution in [0.4, 0.5) is 4.39 Å². The molecule has 0 saturated heterocycles. The summed E-state index contributed by atoms with van der Waals surface area (Å²) in [7, 11) is 0. The van der Waals surface area contributed by atoms with Crippen molar-refractivity contribution in [1.82, 2.24) is 5.32 Å². The van der Waals surface area contributed by atoms with Crippen molar-refractivity contribution in [2.45, 2.75) is 32.2 Å². The fourth-order valence-electron chi connectivity index (χ4n) is 2.89.